The zero-order valence-electron chi connectivity index (χ0n) is 16.4. The van der Waals surface area contributed by atoms with Crippen LogP contribution in [-0.4, -0.2) is 15.1 Å². The molecule has 5 heteroatoms. The molecule has 2 N–H and O–H groups in total. The number of imidazole rings is 1. The first-order chi connectivity index (χ1) is 13.9. The highest BCUT2D eigenvalue weighted by Gasteiger charge is 2.05. The predicted octanol–water partition coefficient (Wildman–Crippen LogP) is 6.58. The van der Waals surface area contributed by atoms with Gasteiger partial charge in [0.05, 0.1) is 11.0 Å². The Morgan fingerprint density at radius 1 is 1.07 bits per heavy atom. The number of H-pyrrole nitrogens is 1. The van der Waals surface area contributed by atoms with Gasteiger partial charge in [0.2, 0.25) is 0 Å². The number of hydrogen-bond acceptors (Lipinski definition) is 3. The lowest BCUT2D eigenvalue weighted by Gasteiger charge is -2.11. The van der Waals surface area contributed by atoms with Crippen LogP contribution in [0, 0.1) is 17.4 Å². The van der Waals surface area contributed by atoms with E-state index in [4.69, 9.17) is 4.74 Å². The number of para-hydroxylation sites is 2. The fourth-order valence-electron chi connectivity index (χ4n) is 2.79. The molecule has 0 saturated heterocycles. The van der Waals surface area contributed by atoms with Gasteiger partial charge in [0.25, 0.3) is 0 Å². The zero-order chi connectivity index (χ0) is 20.8. The van der Waals surface area contributed by atoms with Gasteiger partial charge in [-0.15, -0.1) is 0 Å². The van der Waals surface area contributed by atoms with E-state index in [2.05, 4.69) is 45.2 Å². The van der Waals surface area contributed by atoms with E-state index in [1.807, 2.05) is 74.5 Å². The van der Waals surface area contributed by atoms with Crippen molar-refractivity contribution in [3.63, 3.8) is 0 Å². The Morgan fingerprint density at radius 2 is 1.79 bits per heavy atom. The topological polar surface area (TPSA) is 58.1 Å². The van der Waals surface area contributed by atoms with Crippen molar-refractivity contribution in [1.82, 2.24) is 9.97 Å². The van der Waals surface area contributed by atoms with Gasteiger partial charge < -0.3 is 14.8 Å². The van der Waals surface area contributed by atoms with E-state index in [0.717, 1.165) is 33.7 Å². The number of aryl methyl sites for hydroxylation is 2. The highest BCUT2D eigenvalue weighted by molar-refractivity contribution is 14.1. The Balaban J connectivity index is 0.000000200. The molecule has 0 aliphatic rings. The number of aromatic amines is 1. The SMILES string of the molecule is C=C(O)c1ccc(C)c(OCc2ccccc2I)c1.Cc1nc2ccccc2[nH]1. The maximum Gasteiger partial charge on any atom is 0.123 e. The summed E-state index contributed by atoms with van der Waals surface area (Å²) in [6, 6.07) is 21.7. The minimum Gasteiger partial charge on any atom is -0.508 e. The van der Waals surface area contributed by atoms with E-state index in [9.17, 15) is 5.11 Å². The Morgan fingerprint density at radius 3 is 2.52 bits per heavy atom. The molecule has 29 heavy (non-hydrogen) atoms. The van der Waals surface area contributed by atoms with Crippen LogP contribution in [-0.2, 0) is 6.61 Å². The molecule has 4 nitrogen and oxygen atoms in total. The second-order valence-corrected chi connectivity index (χ2v) is 7.81. The molecular formula is C24H23IN2O2. The molecule has 0 atom stereocenters. The van der Waals surface area contributed by atoms with Crippen molar-refractivity contribution >= 4 is 39.4 Å². The summed E-state index contributed by atoms with van der Waals surface area (Å²) in [4.78, 5) is 7.40. The minimum atomic E-state index is 0.0548. The number of ether oxygens (including phenoxy) is 1. The standard InChI is InChI=1S/C16H15IO2.C8H8N2/c1-11-7-8-13(12(2)18)9-16(11)19-10-14-5-3-4-6-15(14)17;1-6-9-7-4-2-3-5-8(7)10-6/h3-9,18H,2,10H2,1H3;2-5H,1H3,(H,9,10). The summed E-state index contributed by atoms with van der Waals surface area (Å²) < 4.78 is 7.02. The van der Waals surface area contributed by atoms with Crippen molar-refractivity contribution in [1.29, 1.82) is 0 Å². The van der Waals surface area contributed by atoms with Crippen LogP contribution in [0.25, 0.3) is 16.8 Å². The highest BCUT2D eigenvalue weighted by Crippen LogP contribution is 2.24. The van der Waals surface area contributed by atoms with Crippen LogP contribution in [0.2, 0.25) is 0 Å². The molecule has 0 amide bonds. The summed E-state index contributed by atoms with van der Waals surface area (Å²) in [5.74, 6) is 1.80. The lowest BCUT2D eigenvalue weighted by molar-refractivity contribution is 0.303. The molecule has 0 saturated carbocycles. The normalized spacial score (nSPS) is 10.3. The fraction of sp³-hybridized carbons (Fsp3) is 0.125. The molecule has 0 aliphatic heterocycles. The maximum absolute atomic E-state index is 9.42. The summed E-state index contributed by atoms with van der Waals surface area (Å²) in [7, 11) is 0. The van der Waals surface area contributed by atoms with E-state index < -0.39 is 0 Å². The quantitative estimate of drug-likeness (QED) is 0.247. The van der Waals surface area contributed by atoms with E-state index in [-0.39, 0.29) is 5.76 Å². The first-order valence-corrected chi connectivity index (χ1v) is 10.3. The number of aromatic nitrogens is 2. The van der Waals surface area contributed by atoms with Crippen molar-refractivity contribution in [3.8, 4) is 5.75 Å². The summed E-state index contributed by atoms with van der Waals surface area (Å²) >= 11 is 2.29. The van der Waals surface area contributed by atoms with Crippen LogP contribution in [0.1, 0.15) is 22.5 Å². The minimum absolute atomic E-state index is 0.0548. The molecule has 1 aromatic heterocycles. The Labute approximate surface area is 184 Å². The molecule has 4 aromatic rings. The molecule has 0 unspecified atom stereocenters. The van der Waals surface area contributed by atoms with E-state index >= 15 is 0 Å². The number of nitrogens with one attached hydrogen (secondary N) is 1. The number of aliphatic hydroxyl groups excluding tert-OH is 1. The van der Waals surface area contributed by atoms with E-state index in [0.29, 0.717) is 12.2 Å². The monoisotopic (exact) mass is 498 g/mol. The maximum atomic E-state index is 9.42. The number of fused-ring (bicyclic) bond motifs is 1. The van der Waals surface area contributed by atoms with Gasteiger partial charge in [0.15, 0.2) is 0 Å². The molecule has 4 rings (SSSR count). The van der Waals surface area contributed by atoms with E-state index in [1.54, 1.807) is 0 Å². The van der Waals surface area contributed by atoms with Gasteiger partial charge in [-0.1, -0.05) is 49.0 Å². The Hall–Kier alpha value is -2.80. The first-order valence-electron chi connectivity index (χ1n) is 9.20. The van der Waals surface area contributed by atoms with Crippen molar-refractivity contribution in [3.05, 3.63) is 99.4 Å². The van der Waals surface area contributed by atoms with Crippen LogP contribution in [0.3, 0.4) is 0 Å². The largest absolute Gasteiger partial charge is 0.508 e. The second kappa shape index (κ2) is 9.60. The van der Waals surface area contributed by atoms with Gasteiger partial charge >= 0.3 is 0 Å². The van der Waals surface area contributed by atoms with E-state index in [1.165, 1.54) is 3.57 Å². The molecule has 0 spiro atoms. The van der Waals surface area contributed by atoms with Crippen LogP contribution >= 0.6 is 22.6 Å². The Bertz CT molecular complexity index is 1100. The fourth-order valence-corrected chi connectivity index (χ4v) is 3.33. The third kappa shape index (κ3) is 5.60. The Kier molecular flexibility index (Phi) is 6.93. The number of hydrogen-bond donors (Lipinski definition) is 2. The second-order valence-electron chi connectivity index (χ2n) is 6.65. The van der Waals surface area contributed by atoms with Gasteiger partial charge in [-0.05, 0) is 66.3 Å². The van der Waals surface area contributed by atoms with Crippen LogP contribution in [0.15, 0.2) is 73.3 Å². The van der Waals surface area contributed by atoms with Gasteiger partial charge in [-0.3, -0.25) is 0 Å². The van der Waals surface area contributed by atoms with Gasteiger partial charge in [-0.25, -0.2) is 4.98 Å². The van der Waals surface area contributed by atoms with Crippen molar-refractivity contribution in [2.24, 2.45) is 0 Å². The van der Waals surface area contributed by atoms with Crippen LogP contribution < -0.4 is 4.74 Å². The number of nitrogens with zero attached hydrogens (tertiary/aromatic N) is 1. The average molecular weight is 498 g/mol. The van der Waals surface area contributed by atoms with Crippen LogP contribution in [0.5, 0.6) is 5.75 Å². The number of rotatable bonds is 4. The van der Waals surface area contributed by atoms with Crippen molar-refractivity contribution < 1.29 is 9.84 Å². The molecular weight excluding hydrogens is 475 g/mol. The zero-order valence-corrected chi connectivity index (χ0v) is 18.6. The third-order valence-electron chi connectivity index (χ3n) is 4.37. The number of halogens is 1. The van der Waals surface area contributed by atoms with Gasteiger partial charge in [-0.2, -0.15) is 0 Å². The summed E-state index contributed by atoms with van der Waals surface area (Å²) in [6.07, 6.45) is 0. The molecule has 1 heterocycles. The number of aliphatic hydroxyl groups is 1. The molecule has 0 radical (unpaired) electrons. The predicted molar refractivity (Wildman–Crippen MR) is 127 cm³/mol. The van der Waals surface area contributed by atoms with Crippen molar-refractivity contribution in [2.45, 2.75) is 20.5 Å². The van der Waals surface area contributed by atoms with Crippen molar-refractivity contribution in [2.75, 3.05) is 0 Å². The molecule has 0 aliphatic carbocycles. The van der Waals surface area contributed by atoms with Gasteiger partial charge in [0.1, 0.15) is 23.9 Å². The van der Waals surface area contributed by atoms with Crippen LogP contribution in [0.4, 0.5) is 0 Å². The summed E-state index contributed by atoms with van der Waals surface area (Å²) in [5.41, 5.74) is 5.02. The third-order valence-corrected chi connectivity index (χ3v) is 5.42. The summed E-state index contributed by atoms with van der Waals surface area (Å²) in [5, 5.41) is 9.42. The molecule has 148 valence electrons. The molecule has 0 fully saturated rings. The lowest BCUT2D eigenvalue weighted by atomic mass is 10.1. The smallest absolute Gasteiger partial charge is 0.123 e. The average Bonchev–Trinajstić information content (AvgIpc) is 3.09. The molecule has 0 bridgehead atoms. The summed E-state index contributed by atoms with van der Waals surface area (Å²) in [6.45, 7) is 7.98. The molecule has 3 aromatic carbocycles. The highest BCUT2D eigenvalue weighted by atomic mass is 127. The number of benzene rings is 3. The first kappa shape index (κ1) is 20.9. The van der Waals surface area contributed by atoms with Gasteiger partial charge in [0, 0.05) is 14.7 Å². The lowest BCUT2D eigenvalue weighted by Crippen LogP contribution is -1.99.